The van der Waals surface area contributed by atoms with Crippen molar-refractivity contribution >= 4 is 21.9 Å². The smallest absolute Gasteiger partial charge is 0.359 e. The molecule has 4 rings (SSSR count). The maximum absolute atomic E-state index is 12.6. The fourth-order valence-corrected chi connectivity index (χ4v) is 4.89. The summed E-state index contributed by atoms with van der Waals surface area (Å²) in [6.45, 7) is 2.20. The van der Waals surface area contributed by atoms with Gasteiger partial charge in [-0.3, -0.25) is 4.68 Å². The number of benzene rings is 1. The quantitative estimate of drug-likeness (QED) is 0.630. The van der Waals surface area contributed by atoms with Gasteiger partial charge in [-0.2, -0.15) is 5.10 Å². The highest BCUT2D eigenvalue weighted by molar-refractivity contribution is 9.10. The first-order valence-electron chi connectivity index (χ1n) is 9.79. The summed E-state index contributed by atoms with van der Waals surface area (Å²) in [5.41, 5.74) is 5.01. The summed E-state index contributed by atoms with van der Waals surface area (Å²) >= 11 is 3.62. The van der Waals surface area contributed by atoms with Gasteiger partial charge in [0.25, 0.3) is 0 Å². The van der Waals surface area contributed by atoms with Gasteiger partial charge in [0.2, 0.25) is 0 Å². The molecule has 0 aliphatic heterocycles. The Morgan fingerprint density at radius 3 is 2.74 bits per heavy atom. The maximum Gasteiger partial charge on any atom is 0.359 e. The van der Waals surface area contributed by atoms with E-state index in [1.807, 2.05) is 6.92 Å². The van der Waals surface area contributed by atoms with E-state index in [-0.39, 0.29) is 5.97 Å². The number of aromatic nitrogens is 2. The Balaban J connectivity index is 1.88. The number of aryl methyl sites for hydroxylation is 1. The molecule has 6 heteroatoms. The van der Waals surface area contributed by atoms with Gasteiger partial charge in [0.15, 0.2) is 5.69 Å². The van der Waals surface area contributed by atoms with Crippen LogP contribution in [0.4, 0.5) is 0 Å². The normalized spacial score (nSPS) is 16.6. The lowest BCUT2D eigenvalue weighted by Gasteiger charge is -2.26. The summed E-state index contributed by atoms with van der Waals surface area (Å²) in [5.74, 6) is 0.533. The number of halogens is 1. The average Bonchev–Trinajstić information content (AvgIpc) is 3.08. The standard InChI is InChI=1S/C21H25BrN2O3/c1-3-27-21(25)19-15-10-9-13-11-18(26-2)17(22)12-16(13)20(15)24(23-19)14-7-5-4-6-8-14/h11-12,14H,3-10H2,1-2H3. The summed E-state index contributed by atoms with van der Waals surface area (Å²) in [6, 6.07) is 4.56. The molecule has 1 saturated carbocycles. The number of hydrogen-bond donors (Lipinski definition) is 0. The lowest BCUT2D eigenvalue weighted by atomic mass is 9.87. The number of rotatable bonds is 4. The van der Waals surface area contributed by atoms with Crippen molar-refractivity contribution < 1.29 is 14.3 Å². The van der Waals surface area contributed by atoms with Gasteiger partial charge in [-0.25, -0.2) is 4.79 Å². The second kappa shape index (κ2) is 7.66. The summed E-state index contributed by atoms with van der Waals surface area (Å²) in [5, 5.41) is 4.80. The van der Waals surface area contributed by atoms with Gasteiger partial charge in [-0.05, 0) is 66.2 Å². The molecule has 0 amide bonds. The first kappa shape index (κ1) is 18.5. The van der Waals surface area contributed by atoms with Crippen LogP contribution in [0.1, 0.15) is 66.7 Å². The van der Waals surface area contributed by atoms with Crippen molar-refractivity contribution in [3.05, 3.63) is 33.4 Å². The van der Waals surface area contributed by atoms with E-state index in [4.69, 9.17) is 14.6 Å². The lowest BCUT2D eigenvalue weighted by Crippen LogP contribution is -2.17. The predicted octanol–water partition coefficient (Wildman–Crippen LogP) is 5.10. The van der Waals surface area contributed by atoms with Crippen LogP contribution in [-0.4, -0.2) is 29.5 Å². The fraction of sp³-hybridized carbons (Fsp3) is 0.524. The van der Waals surface area contributed by atoms with Crippen LogP contribution in [0.5, 0.6) is 5.75 Å². The average molecular weight is 433 g/mol. The van der Waals surface area contributed by atoms with Crippen molar-refractivity contribution in [2.75, 3.05) is 13.7 Å². The van der Waals surface area contributed by atoms with Crippen LogP contribution < -0.4 is 4.74 Å². The summed E-state index contributed by atoms with van der Waals surface area (Å²) in [7, 11) is 1.69. The number of nitrogens with zero attached hydrogens (tertiary/aromatic N) is 2. The molecular weight excluding hydrogens is 408 g/mol. The van der Waals surface area contributed by atoms with E-state index in [1.54, 1.807) is 7.11 Å². The van der Waals surface area contributed by atoms with Crippen molar-refractivity contribution in [2.24, 2.45) is 0 Å². The largest absolute Gasteiger partial charge is 0.496 e. The van der Waals surface area contributed by atoms with Crippen LogP contribution in [-0.2, 0) is 17.6 Å². The van der Waals surface area contributed by atoms with E-state index in [2.05, 4.69) is 32.7 Å². The van der Waals surface area contributed by atoms with Crippen LogP contribution in [0.15, 0.2) is 16.6 Å². The highest BCUT2D eigenvalue weighted by Crippen LogP contribution is 2.43. The van der Waals surface area contributed by atoms with Gasteiger partial charge >= 0.3 is 5.97 Å². The Labute approximate surface area is 168 Å². The molecule has 0 atom stereocenters. The van der Waals surface area contributed by atoms with Crippen LogP contribution in [0.2, 0.25) is 0 Å². The van der Waals surface area contributed by atoms with E-state index in [1.165, 1.54) is 24.8 Å². The minimum Gasteiger partial charge on any atom is -0.496 e. The van der Waals surface area contributed by atoms with Gasteiger partial charge in [-0.15, -0.1) is 0 Å². The van der Waals surface area contributed by atoms with E-state index in [9.17, 15) is 4.79 Å². The molecule has 0 N–H and O–H groups in total. The molecule has 0 unspecified atom stereocenters. The van der Waals surface area contributed by atoms with Gasteiger partial charge in [0.1, 0.15) is 5.75 Å². The second-order valence-corrected chi connectivity index (χ2v) is 8.13. The molecule has 5 nitrogen and oxygen atoms in total. The van der Waals surface area contributed by atoms with E-state index >= 15 is 0 Å². The molecule has 0 radical (unpaired) electrons. The highest BCUT2D eigenvalue weighted by atomic mass is 79.9. The first-order chi connectivity index (χ1) is 13.1. The van der Waals surface area contributed by atoms with E-state index in [0.29, 0.717) is 18.3 Å². The first-order valence-corrected chi connectivity index (χ1v) is 10.6. The monoisotopic (exact) mass is 432 g/mol. The van der Waals surface area contributed by atoms with Crippen molar-refractivity contribution in [1.29, 1.82) is 0 Å². The third-order valence-electron chi connectivity index (χ3n) is 5.67. The number of methoxy groups -OCH3 is 1. The summed E-state index contributed by atoms with van der Waals surface area (Å²) < 4.78 is 13.8. The van der Waals surface area contributed by atoms with Gasteiger partial charge in [-0.1, -0.05) is 19.3 Å². The number of hydrogen-bond acceptors (Lipinski definition) is 4. The van der Waals surface area contributed by atoms with Crippen molar-refractivity contribution in [3.8, 4) is 17.0 Å². The third-order valence-corrected chi connectivity index (χ3v) is 6.29. The second-order valence-electron chi connectivity index (χ2n) is 7.28. The molecule has 2 aromatic rings. The Kier molecular flexibility index (Phi) is 5.26. The van der Waals surface area contributed by atoms with E-state index in [0.717, 1.165) is 52.7 Å². The molecule has 0 saturated heterocycles. The summed E-state index contributed by atoms with van der Waals surface area (Å²) in [4.78, 5) is 12.6. The third kappa shape index (κ3) is 3.28. The van der Waals surface area contributed by atoms with Crippen LogP contribution in [0.3, 0.4) is 0 Å². The molecule has 1 fully saturated rings. The van der Waals surface area contributed by atoms with Crippen molar-refractivity contribution in [3.63, 3.8) is 0 Å². The molecule has 144 valence electrons. The number of fused-ring (bicyclic) bond motifs is 3. The molecule has 27 heavy (non-hydrogen) atoms. The number of carbonyl (C=O) groups is 1. The minimum absolute atomic E-state index is 0.306. The lowest BCUT2D eigenvalue weighted by molar-refractivity contribution is 0.0516. The van der Waals surface area contributed by atoms with Crippen molar-refractivity contribution in [1.82, 2.24) is 9.78 Å². The molecule has 1 aromatic heterocycles. The van der Waals surface area contributed by atoms with Crippen LogP contribution in [0, 0.1) is 0 Å². The van der Waals surface area contributed by atoms with Gasteiger partial charge < -0.3 is 9.47 Å². The number of ether oxygens (including phenoxy) is 2. The van der Waals surface area contributed by atoms with Crippen LogP contribution >= 0.6 is 15.9 Å². The Morgan fingerprint density at radius 2 is 2.04 bits per heavy atom. The van der Waals surface area contributed by atoms with Gasteiger partial charge in [0, 0.05) is 11.1 Å². The SMILES string of the molecule is CCOC(=O)c1nn(C2CCCCC2)c2c1CCc1cc(OC)c(Br)cc1-2. The van der Waals surface area contributed by atoms with Crippen LogP contribution in [0.25, 0.3) is 11.3 Å². The molecule has 0 bridgehead atoms. The Hall–Kier alpha value is -1.82. The zero-order valence-electron chi connectivity index (χ0n) is 15.9. The minimum atomic E-state index is -0.306. The molecule has 0 spiro atoms. The molecular formula is C21H25BrN2O3. The number of esters is 1. The summed E-state index contributed by atoms with van der Waals surface area (Å²) in [6.07, 6.45) is 7.61. The topological polar surface area (TPSA) is 53.3 Å². The zero-order valence-corrected chi connectivity index (χ0v) is 17.5. The fourth-order valence-electron chi connectivity index (χ4n) is 4.38. The Morgan fingerprint density at radius 1 is 1.26 bits per heavy atom. The molecule has 2 aliphatic rings. The molecule has 2 aliphatic carbocycles. The maximum atomic E-state index is 12.6. The molecule has 1 aromatic carbocycles. The highest BCUT2D eigenvalue weighted by Gasteiger charge is 2.32. The van der Waals surface area contributed by atoms with E-state index < -0.39 is 0 Å². The van der Waals surface area contributed by atoms with Crippen molar-refractivity contribution in [2.45, 2.75) is 57.9 Å². The molecule has 1 heterocycles. The Bertz CT molecular complexity index is 869. The predicted molar refractivity (Wildman–Crippen MR) is 107 cm³/mol. The number of carbonyl (C=O) groups excluding carboxylic acids is 1. The zero-order chi connectivity index (χ0) is 19.0. The van der Waals surface area contributed by atoms with Gasteiger partial charge in [0.05, 0.1) is 29.9 Å².